The van der Waals surface area contributed by atoms with Gasteiger partial charge in [-0.25, -0.2) is 0 Å². The molecule has 1 aromatic heterocycles. The van der Waals surface area contributed by atoms with E-state index in [-0.39, 0.29) is 11.9 Å². The molecule has 0 spiro atoms. The van der Waals surface area contributed by atoms with Crippen LogP contribution in [0.4, 0.5) is 0 Å². The topological polar surface area (TPSA) is 78.3 Å². The first-order chi connectivity index (χ1) is 17.1. The average molecular weight is 495 g/mol. The second kappa shape index (κ2) is 12.1. The zero-order valence-electron chi connectivity index (χ0n) is 20.7. The van der Waals surface area contributed by atoms with Gasteiger partial charge in [0.1, 0.15) is 11.5 Å². The summed E-state index contributed by atoms with van der Waals surface area (Å²) in [6.07, 6.45) is 7.20. The van der Waals surface area contributed by atoms with Crippen LogP contribution in [-0.4, -0.2) is 40.6 Å². The van der Waals surface area contributed by atoms with Crippen molar-refractivity contribution < 1.29 is 14.3 Å². The molecule has 1 heterocycles. The van der Waals surface area contributed by atoms with Crippen LogP contribution in [0.2, 0.25) is 0 Å². The number of nitrogens with one attached hydrogen (secondary N) is 1. The van der Waals surface area contributed by atoms with Gasteiger partial charge in [0.05, 0.1) is 25.8 Å². The van der Waals surface area contributed by atoms with Crippen molar-refractivity contribution >= 4 is 17.7 Å². The number of methoxy groups -OCH3 is 2. The van der Waals surface area contributed by atoms with E-state index < -0.39 is 0 Å². The van der Waals surface area contributed by atoms with Gasteiger partial charge < -0.3 is 19.4 Å². The van der Waals surface area contributed by atoms with E-state index in [0.717, 1.165) is 28.2 Å². The number of hydrogen-bond donors (Lipinski definition) is 1. The summed E-state index contributed by atoms with van der Waals surface area (Å²) >= 11 is 1.76. The van der Waals surface area contributed by atoms with Crippen LogP contribution in [0.25, 0.3) is 0 Å². The Morgan fingerprint density at radius 1 is 1.09 bits per heavy atom. The Kier molecular flexibility index (Phi) is 8.69. The Balaban J connectivity index is 1.57. The summed E-state index contributed by atoms with van der Waals surface area (Å²) < 4.78 is 12.8. The van der Waals surface area contributed by atoms with E-state index in [2.05, 4.69) is 27.6 Å². The first-order valence-electron chi connectivity index (χ1n) is 12.2. The monoisotopic (exact) mass is 494 g/mol. The fraction of sp³-hybridized carbons (Fsp3) is 0.444. The first kappa shape index (κ1) is 25.1. The minimum Gasteiger partial charge on any atom is -0.497 e. The zero-order valence-corrected chi connectivity index (χ0v) is 21.5. The number of nitrogens with zero attached hydrogens (tertiary/aromatic N) is 3. The minimum absolute atomic E-state index is 0.249. The van der Waals surface area contributed by atoms with Crippen LogP contribution in [0, 0.1) is 5.92 Å². The van der Waals surface area contributed by atoms with Crippen LogP contribution in [0.15, 0.2) is 53.7 Å². The molecule has 1 aliphatic carbocycles. The molecule has 3 aromatic rings. The molecule has 35 heavy (non-hydrogen) atoms. The Labute approximate surface area is 211 Å². The maximum absolute atomic E-state index is 13.4. The Bertz CT molecular complexity index is 1110. The number of ether oxygens (including phenoxy) is 2. The molecule has 0 aliphatic heterocycles. The van der Waals surface area contributed by atoms with Crippen molar-refractivity contribution in [3.63, 3.8) is 0 Å². The standard InChI is InChI=1S/C27H34N4O3S/c1-31-25(29-30-27(31)35-18-20-12-8-5-9-13-20)23(16-19-10-6-4-7-11-19)28-26(32)22-17-21(33-2)14-15-24(22)34-3/h4,6-7,10-11,14-15,17,20,23H,5,8-9,12-13,16,18H2,1-3H3,(H,28,32). The highest BCUT2D eigenvalue weighted by atomic mass is 32.2. The summed E-state index contributed by atoms with van der Waals surface area (Å²) in [6, 6.07) is 14.9. The SMILES string of the molecule is COc1ccc(OC)c(C(=O)NC(Cc2ccccc2)c2nnc(SCC3CCCCC3)n2C)c1. The lowest BCUT2D eigenvalue weighted by atomic mass is 9.91. The van der Waals surface area contributed by atoms with Gasteiger partial charge in [-0.1, -0.05) is 61.4 Å². The summed E-state index contributed by atoms with van der Waals surface area (Å²) in [5.41, 5.74) is 1.52. The number of aromatic nitrogens is 3. The molecule has 2 aromatic carbocycles. The van der Waals surface area contributed by atoms with Gasteiger partial charge in [0.2, 0.25) is 0 Å². The third kappa shape index (κ3) is 6.36. The number of benzene rings is 2. The molecule has 0 saturated heterocycles. The molecule has 0 radical (unpaired) electrons. The molecule has 8 heteroatoms. The van der Waals surface area contributed by atoms with E-state index in [9.17, 15) is 4.79 Å². The van der Waals surface area contributed by atoms with Gasteiger partial charge in [-0.05, 0) is 48.9 Å². The molecule has 1 amide bonds. The maximum atomic E-state index is 13.4. The van der Waals surface area contributed by atoms with Gasteiger partial charge in [0.15, 0.2) is 11.0 Å². The van der Waals surface area contributed by atoms with Crippen molar-refractivity contribution in [2.45, 2.75) is 49.7 Å². The predicted molar refractivity (Wildman–Crippen MR) is 138 cm³/mol. The molecule has 1 saturated carbocycles. The molecule has 1 N–H and O–H groups in total. The molecule has 1 aliphatic rings. The van der Waals surface area contributed by atoms with Gasteiger partial charge in [0.25, 0.3) is 5.91 Å². The molecule has 0 bridgehead atoms. The number of carbonyl (C=O) groups excluding carboxylic acids is 1. The Hall–Kier alpha value is -3.00. The normalized spacial score (nSPS) is 14.9. The second-order valence-electron chi connectivity index (χ2n) is 9.00. The number of amides is 1. The predicted octanol–water partition coefficient (Wildman–Crippen LogP) is 5.22. The lowest BCUT2D eigenvalue weighted by Gasteiger charge is -2.21. The van der Waals surface area contributed by atoms with Crippen LogP contribution in [-0.2, 0) is 13.5 Å². The van der Waals surface area contributed by atoms with Gasteiger partial charge in [-0.15, -0.1) is 10.2 Å². The minimum atomic E-state index is -0.359. The molecule has 1 atom stereocenters. The van der Waals surface area contributed by atoms with Crippen LogP contribution in [0.5, 0.6) is 11.5 Å². The summed E-state index contributed by atoms with van der Waals surface area (Å²) in [6.45, 7) is 0. The largest absolute Gasteiger partial charge is 0.497 e. The van der Waals surface area contributed by atoms with Crippen molar-refractivity contribution in [1.82, 2.24) is 20.1 Å². The number of thioether (sulfide) groups is 1. The van der Waals surface area contributed by atoms with Gasteiger partial charge >= 0.3 is 0 Å². The van der Waals surface area contributed by atoms with E-state index >= 15 is 0 Å². The molecule has 186 valence electrons. The van der Waals surface area contributed by atoms with Gasteiger partial charge in [0, 0.05) is 12.8 Å². The van der Waals surface area contributed by atoms with Gasteiger partial charge in [-0.2, -0.15) is 0 Å². The van der Waals surface area contributed by atoms with Crippen molar-refractivity contribution in [3.05, 3.63) is 65.5 Å². The van der Waals surface area contributed by atoms with E-state index in [1.54, 1.807) is 44.2 Å². The van der Waals surface area contributed by atoms with E-state index in [0.29, 0.717) is 23.5 Å². The molecular weight excluding hydrogens is 460 g/mol. The third-order valence-corrected chi connectivity index (χ3v) is 7.84. The second-order valence-corrected chi connectivity index (χ2v) is 9.98. The summed E-state index contributed by atoms with van der Waals surface area (Å²) in [5.74, 6) is 3.37. The summed E-state index contributed by atoms with van der Waals surface area (Å²) in [5, 5.41) is 13.1. The lowest BCUT2D eigenvalue weighted by Crippen LogP contribution is -2.32. The zero-order chi connectivity index (χ0) is 24.6. The van der Waals surface area contributed by atoms with Crippen LogP contribution in [0.3, 0.4) is 0 Å². The highest BCUT2D eigenvalue weighted by molar-refractivity contribution is 7.99. The summed E-state index contributed by atoms with van der Waals surface area (Å²) in [4.78, 5) is 13.4. The highest BCUT2D eigenvalue weighted by Gasteiger charge is 2.25. The van der Waals surface area contributed by atoms with E-state index in [4.69, 9.17) is 9.47 Å². The third-order valence-electron chi connectivity index (χ3n) is 6.59. The molecule has 4 rings (SSSR count). The fourth-order valence-corrected chi connectivity index (χ4v) is 5.69. The number of rotatable bonds is 10. The highest BCUT2D eigenvalue weighted by Crippen LogP contribution is 2.31. The first-order valence-corrected chi connectivity index (χ1v) is 13.2. The lowest BCUT2D eigenvalue weighted by molar-refractivity contribution is 0.0930. The van der Waals surface area contributed by atoms with Crippen molar-refractivity contribution in [2.75, 3.05) is 20.0 Å². The van der Waals surface area contributed by atoms with Crippen LogP contribution < -0.4 is 14.8 Å². The molecule has 1 fully saturated rings. The quantitative estimate of drug-likeness (QED) is 0.390. The number of hydrogen-bond acceptors (Lipinski definition) is 6. The Morgan fingerprint density at radius 2 is 1.86 bits per heavy atom. The van der Waals surface area contributed by atoms with Crippen molar-refractivity contribution in [2.24, 2.45) is 13.0 Å². The molecular formula is C27H34N4O3S. The number of carbonyl (C=O) groups is 1. The molecule has 7 nitrogen and oxygen atoms in total. The van der Waals surface area contributed by atoms with Crippen molar-refractivity contribution in [1.29, 1.82) is 0 Å². The van der Waals surface area contributed by atoms with Crippen molar-refractivity contribution in [3.8, 4) is 11.5 Å². The van der Waals surface area contributed by atoms with Crippen LogP contribution >= 0.6 is 11.8 Å². The van der Waals surface area contributed by atoms with Crippen LogP contribution in [0.1, 0.15) is 59.9 Å². The smallest absolute Gasteiger partial charge is 0.255 e. The maximum Gasteiger partial charge on any atom is 0.255 e. The summed E-state index contributed by atoms with van der Waals surface area (Å²) in [7, 11) is 5.11. The molecule has 1 unspecified atom stereocenters. The fourth-order valence-electron chi connectivity index (χ4n) is 4.59. The Morgan fingerprint density at radius 3 is 2.57 bits per heavy atom. The van der Waals surface area contributed by atoms with Gasteiger partial charge in [-0.3, -0.25) is 4.79 Å². The van der Waals surface area contributed by atoms with E-state index in [1.165, 1.54) is 32.1 Å². The average Bonchev–Trinajstić information content (AvgIpc) is 3.27. The van der Waals surface area contributed by atoms with E-state index in [1.807, 2.05) is 29.8 Å².